The van der Waals surface area contributed by atoms with E-state index in [1.54, 1.807) is 9.80 Å². The molecule has 0 spiro atoms. The van der Waals surface area contributed by atoms with Gasteiger partial charge in [0.05, 0.1) is 31.0 Å². The number of carbonyl (C=O) groups excluding carboxylic acids is 2. The first kappa shape index (κ1) is 24.9. The van der Waals surface area contributed by atoms with Crippen LogP contribution in [0.15, 0.2) is 30.3 Å². The molecular weight excluding hydrogens is 460 g/mol. The molecule has 0 unspecified atom stereocenters. The second kappa shape index (κ2) is 10.6. The highest BCUT2D eigenvalue weighted by Crippen LogP contribution is 2.44. The van der Waals surface area contributed by atoms with Crippen LogP contribution in [0.25, 0.3) is 0 Å². The molecule has 34 heavy (non-hydrogen) atoms. The fraction of sp³-hybridized carbons (Fsp3) is 0.652. The normalized spacial score (nSPS) is 27.1. The summed E-state index contributed by atoms with van der Waals surface area (Å²) in [7, 11) is -1.98. The zero-order valence-electron chi connectivity index (χ0n) is 19.6. The standard InChI is InChI=1S/C23H34N4O6S/c1-32-13-12-27-20-7-9-26(22(29)24-17-19-5-3-2-4-6-19)18-23(20,8-16-34(27,30)31)21(28)25-10-14-33-15-11-25/h2-6,20H,7-18H2,1H3,(H,24,29)/t20-,23+/m1/s1. The number of methoxy groups -OCH3 is 1. The Labute approximate surface area is 201 Å². The van der Waals surface area contributed by atoms with Gasteiger partial charge in [0, 0.05) is 52.4 Å². The van der Waals surface area contributed by atoms with Crippen molar-refractivity contribution in [2.24, 2.45) is 5.41 Å². The number of benzene rings is 1. The lowest BCUT2D eigenvalue weighted by molar-refractivity contribution is -0.154. The molecule has 0 aliphatic carbocycles. The molecule has 3 saturated heterocycles. The summed E-state index contributed by atoms with van der Waals surface area (Å²) in [6.45, 7) is 3.25. The van der Waals surface area contributed by atoms with Crippen molar-refractivity contribution in [1.82, 2.24) is 19.4 Å². The number of urea groups is 1. The van der Waals surface area contributed by atoms with Gasteiger partial charge in [-0.1, -0.05) is 30.3 Å². The van der Waals surface area contributed by atoms with Crippen LogP contribution in [0.1, 0.15) is 18.4 Å². The number of sulfonamides is 1. The van der Waals surface area contributed by atoms with E-state index < -0.39 is 21.5 Å². The Balaban J connectivity index is 1.58. The van der Waals surface area contributed by atoms with E-state index in [-0.39, 0.29) is 43.8 Å². The van der Waals surface area contributed by atoms with Crippen molar-refractivity contribution in [2.45, 2.75) is 25.4 Å². The lowest BCUT2D eigenvalue weighted by Crippen LogP contribution is -2.70. The van der Waals surface area contributed by atoms with Crippen molar-refractivity contribution < 1.29 is 27.5 Å². The molecule has 3 heterocycles. The van der Waals surface area contributed by atoms with Crippen LogP contribution < -0.4 is 5.32 Å². The predicted molar refractivity (Wildman–Crippen MR) is 125 cm³/mol. The Morgan fingerprint density at radius 1 is 1.15 bits per heavy atom. The number of ether oxygens (including phenoxy) is 2. The first-order valence-electron chi connectivity index (χ1n) is 11.8. The molecule has 3 amide bonds. The average Bonchev–Trinajstić information content (AvgIpc) is 2.87. The molecule has 4 rings (SSSR count). The van der Waals surface area contributed by atoms with Crippen LogP contribution in [0.2, 0.25) is 0 Å². The highest BCUT2D eigenvalue weighted by molar-refractivity contribution is 7.89. The number of likely N-dealkylation sites (tertiary alicyclic amines) is 1. The topological polar surface area (TPSA) is 108 Å². The van der Waals surface area contributed by atoms with Crippen LogP contribution >= 0.6 is 0 Å². The SMILES string of the molecule is COCCN1[C@@H]2CCN(C(=O)NCc3ccccc3)C[C@@]2(C(=O)N2CCOCC2)CCS1(=O)=O. The fourth-order valence-corrected chi connectivity index (χ4v) is 7.20. The second-order valence-corrected chi connectivity index (χ2v) is 11.1. The number of carbonyl (C=O) groups is 2. The Bertz CT molecular complexity index is 969. The largest absolute Gasteiger partial charge is 0.383 e. The summed E-state index contributed by atoms with van der Waals surface area (Å²) >= 11 is 0. The maximum absolute atomic E-state index is 13.9. The van der Waals surface area contributed by atoms with Gasteiger partial charge in [0.1, 0.15) is 0 Å². The zero-order valence-corrected chi connectivity index (χ0v) is 20.5. The number of fused-ring (bicyclic) bond motifs is 1. The van der Waals surface area contributed by atoms with Crippen molar-refractivity contribution in [1.29, 1.82) is 0 Å². The van der Waals surface area contributed by atoms with Crippen molar-refractivity contribution in [3.8, 4) is 0 Å². The van der Waals surface area contributed by atoms with Crippen LogP contribution in [0.3, 0.4) is 0 Å². The summed E-state index contributed by atoms with van der Waals surface area (Å²) in [5.41, 5.74) is -0.00186. The van der Waals surface area contributed by atoms with Crippen molar-refractivity contribution in [2.75, 3.05) is 65.4 Å². The van der Waals surface area contributed by atoms with E-state index in [2.05, 4.69) is 5.32 Å². The van der Waals surface area contributed by atoms with E-state index in [0.29, 0.717) is 45.8 Å². The molecule has 3 fully saturated rings. The molecular formula is C23H34N4O6S. The number of morpholine rings is 1. The minimum atomic E-state index is -3.51. The summed E-state index contributed by atoms with van der Waals surface area (Å²) in [4.78, 5) is 30.5. The molecule has 0 radical (unpaired) electrons. The van der Waals surface area contributed by atoms with Crippen LogP contribution in [0, 0.1) is 5.41 Å². The third-order valence-corrected chi connectivity index (χ3v) is 8.98. The van der Waals surface area contributed by atoms with Crippen molar-refractivity contribution in [3.63, 3.8) is 0 Å². The number of nitrogens with one attached hydrogen (secondary N) is 1. The smallest absolute Gasteiger partial charge is 0.317 e. The molecule has 3 aliphatic heterocycles. The molecule has 1 aromatic carbocycles. The molecule has 188 valence electrons. The predicted octanol–water partition coefficient (Wildman–Crippen LogP) is 0.498. The molecule has 0 saturated carbocycles. The number of rotatable bonds is 6. The van der Waals surface area contributed by atoms with Gasteiger partial charge in [0.2, 0.25) is 15.9 Å². The average molecular weight is 495 g/mol. The number of piperidine rings is 1. The van der Waals surface area contributed by atoms with E-state index in [1.165, 1.54) is 11.4 Å². The maximum Gasteiger partial charge on any atom is 0.317 e. The Morgan fingerprint density at radius 2 is 1.88 bits per heavy atom. The van der Waals surface area contributed by atoms with Gasteiger partial charge >= 0.3 is 6.03 Å². The number of nitrogens with zero attached hydrogens (tertiary/aromatic N) is 3. The molecule has 11 heteroatoms. The monoisotopic (exact) mass is 494 g/mol. The number of amides is 3. The van der Waals surface area contributed by atoms with Gasteiger partial charge in [-0.3, -0.25) is 4.79 Å². The van der Waals surface area contributed by atoms with E-state index in [4.69, 9.17) is 9.47 Å². The molecule has 1 aromatic rings. The highest BCUT2D eigenvalue weighted by atomic mass is 32.2. The van der Waals surface area contributed by atoms with Crippen LogP contribution in [-0.4, -0.2) is 106 Å². The highest BCUT2D eigenvalue weighted by Gasteiger charge is 2.58. The van der Waals surface area contributed by atoms with Crippen molar-refractivity contribution in [3.05, 3.63) is 35.9 Å². The summed E-state index contributed by atoms with van der Waals surface area (Å²) in [6, 6.07) is 8.89. The Kier molecular flexibility index (Phi) is 7.76. The Hall–Kier alpha value is -2.21. The van der Waals surface area contributed by atoms with E-state index in [1.807, 2.05) is 30.3 Å². The summed E-state index contributed by atoms with van der Waals surface area (Å²) in [5, 5.41) is 2.95. The second-order valence-electron chi connectivity index (χ2n) is 9.10. The summed E-state index contributed by atoms with van der Waals surface area (Å²) in [5.74, 6) is -0.207. The van der Waals surface area contributed by atoms with E-state index >= 15 is 0 Å². The van der Waals surface area contributed by atoms with Crippen LogP contribution in [-0.2, 0) is 30.8 Å². The third-order valence-electron chi connectivity index (χ3n) is 7.11. The van der Waals surface area contributed by atoms with Gasteiger partial charge in [0.15, 0.2) is 0 Å². The van der Waals surface area contributed by atoms with Gasteiger partial charge in [-0.15, -0.1) is 0 Å². The quantitative estimate of drug-likeness (QED) is 0.617. The van der Waals surface area contributed by atoms with Gasteiger partial charge < -0.3 is 24.6 Å². The van der Waals surface area contributed by atoms with Gasteiger partial charge in [-0.05, 0) is 18.4 Å². The van der Waals surface area contributed by atoms with E-state index in [0.717, 1.165) is 5.56 Å². The third kappa shape index (κ3) is 5.07. The van der Waals surface area contributed by atoms with Gasteiger partial charge in [-0.2, -0.15) is 4.31 Å². The lowest BCUT2D eigenvalue weighted by atomic mass is 9.71. The van der Waals surface area contributed by atoms with Gasteiger partial charge in [-0.25, -0.2) is 13.2 Å². The number of hydrogen-bond acceptors (Lipinski definition) is 6. The molecule has 0 bridgehead atoms. The first-order valence-corrected chi connectivity index (χ1v) is 13.4. The van der Waals surface area contributed by atoms with E-state index in [9.17, 15) is 18.0 Å². The molecule has 10 nitrogen and oxygen atoms in total. The van der Waals surface area contributed by atoms with Gasteiger partial charge in [0.25, 0.3) is 0 Å². The molecule has 0 aromatic heterocycles. The van der Waals surface area contributed by atoms with Crippen LogP contribution in [0.5, 0.6) is 0 Å². The molecule has 3 aliphatic rings. The molecule has 2 atom stereocenters. The van der Waals surface area contributed by atoms with Crippen molar-refractivity contribution >= 4 is 22.0 Å². The number of hydrogen-bond donors (Lipinski definition) is 1. The fourth-order valence-electron chi connectivity index (χ4n) is 5.30. The maximum atomic E-state index is 13.9. The lowest BCUT2D eigenvalue weighted by Gasteiger charge is -2.54. The molecule has 1 N–H and O–H groups in total. The summed E-state index contributed by atoms with van der Waals surface area (Å²) in [6.07, 6.45) is 0.597. The zero-order chi connectivity index (χ0) is 24.2. The summed E-state index contributed by atoms with van der Waals surface area (Å²) < 4.78 is 38.0. The van der Waals surface area contributed by atoms with Crippen LogP contribution in [0.4, 0.5) is 4.79 Å². The minimum absolute atomic E-state index is 0.0846. The minimum Gasteiger partial charge on any atom is -0.383 e. The first-order chi connectivity index (χ1) is 16.4. The Morgan fingerprint density at radius 3 is 2.59 bits per heavy atom.